The minimum atomic E-state index is -1.31. The smallest absolute Gasteiger partial charge is 0.215 e. The van der Waals surface area contributed by atoms with Crippen LogP contribution in [0.15, 0.2) is 42.6 Å². The topological polar surface area (TPSA) is 62.6 Å². The Labute approximate surface area is 108 Å². The fourth-order valence-corrected chi connectivity index (χ4v) is 1.80. The van der Waals surface area contributed by atoms with Gasteiger partial charge in [0.25, 0.3) is 0 Å². The van der Waals surface area contributed by atoms with Gasteiger partial charge in [-0.15, -0.1) is 0 Å². The van der Waals surface area contributed by atoms with Crippen LogP contribution in [0.25, 0.3) is 11.1 Å². The Bertz CT molecular complexity index is 497. The van der Waals surface area contributed by atoms with E-state index in [0.29, 0.717) is 5.88 Å². The molecule has 0 radical (unpaired) electrons. The lowest BCUT2D eigenvalue weighted by molar-refractivity contribution is -0.0381. The largest absolute Gasteiger partial charge is 0.463 e. The van der Waals surface area contributed by atoms with E-state index in [9.17, 15) is 0 Å². The van der Waals surface area contributed by atoms with Gasteiger partial charge in [-0.25, -0.2) is 4.98 Å². The molecule has 2 aromatic rings. The predicted molar refractivity (Wildman–Crippen MR) is 71.9 cm³/mol. The molecule has 0 aliphatic carbocycles. The van der Waals surface area contributed by atoms with Gasteiger partial charge in [0, 0.05) is 24.2 Å². The van der Waals surface area contributed by atoms with Crippen LogP contribution in [-0.4, -0.2) is 21.5 Å². The third-order valence-corrected chi connectivity index (χ3v) is 2.80. The first-order chi connectivity index (χ1) is 8.69. The van der Waals surface area contributed by atoms with E-state index in [1.165, 1.54) is 0 Å². The Kier molecular flexibility index (Phi) is 4.26. The zero-order valence-electron chi connectivity index (χ0n) is 9.65. The zero-order valence-corrected chi connectivity index (χ0v) is 10.8. The molecule has 0 saturated heterocycles. The molecule has 0 aliphatic rings. The summed E-state index contributed by atoms with van der Waals surface area (Å²) in [5, 5.41) is 17.8. The maximum absolute atomic E-state index is 8.88. The molecule has 1 unspecified atom stereocenters. The van der Waals surface area contributed by atoms with E-state index in [1.807, 2.05) is 30.3 Å². The van der Waals surface area contributed by atoms with Crippen molar-refractivity contribution in [2.45, 2.75) is 12.7 Å². The van der Waals surface area contributed by atoms with Gasteiger partial charge >= 0.3 is 0 Å². The Morgan fingerprint density at radius 3 is 2.22 bits per heavy atom. The third kappa shape index (κ3) is 3.26. The summed E-state index contributed by atoms with van der Waals surface area (Å²) in [6, 6.07) is 11.3. The summed E-state index contributed by atoms with van der Waals surface area (Å²) in [5.41, 5.74) is 2.89. The molecule has 2 N–H and O–H groups in total. The number of hydrogen-bond acceptors (Lipinski definition) is 4. The van der Waals surface area contributed by atoms with Crippen molar-refractivity contribution in [2.75, 3.05) is 0 Å². The highest BCUT2D eigenvalue weighted by molar-refractivity contribution is 7.10. The number of pyridine rings is 1. The summed E-state index contributed by atoms with van der Waals surface area (Å²) in [6.07, 6.45) is 0.657. The number of aliphatic hydroxyl groups is 2. The molecule has 18 heavy (non-hydrogen) atoms. The molecule has 0 bridgehead atoms. The standard InChI is InChI=1S/C13H14NO3P/c15-13(16)7-9-1-3-10(4-2-9)11-5-6-12(17-18)14-8-11/h1-6,8,13,15-16H,7,18H2. The van der Waals surface area contributed by atoms with E-state index in [0.717, 1.165) is 16.7 Å². The van der Waals surface area contributed by atoms with Crippen molar-refractivity contribution < 1.29 is 14.7 Å². The molecule has 0 aliphatic heterocycles. The van der Waals surface area contributed by atoms with Crippen LogP contribution in [0.5, 0.6) is 5.88 Å². The maximum atomic E-state index is 8.88. The van der Waals surface area contributed by atoms with Crippen LogP contribution < -0.4 is 4.52 Å². The van der Waals surface area contributed by atoms with Crippen LogP contribution in [0.2, 0.25) is 0 Å². The first-order valence-corrected chi connectivity index (χ1v) is 5.94. The van der Waals surface area contributed by atoms with Crippen molar-refractivity contribution in [3.63, 3.8) is 0 Å². The van der Waals surface area contributed by atoms with Crippen molar-refractivity contribution in [3.05, 3.63) is 48.2 Å². The molecule has 0 saturated carbocycles. The van der Waals surface area contributed by atoms with E-state index < -0.39 is 6.29 Å². The Hall–Kier alpha value is -1.48. The Balaban J connectivity index is 2.17. The van der Waals surface area contributed by atoms with E-state index in [1.54, 1.807) is 12.3 Å². The fraction of sp³-hybridized carbons (Fsp3) is 0.154. The quantitative estimate of drug-likeness (QED) is 0.652. The van der Waals surface area contributed by atoms with Gasteiger partial charge in [0.1, 0.15) is 0 Å². The molecule has 1 heterocycles. The highest BCUT2D eigenvalue weighted by atomic mass is 31.0. The van der Waals surface area contributed by atoms with E-state index >= 15 is 0 Å². The van der Waals surface area contributed by atoms with Gasteiger partial charge in [-0.05, 0) is 17.2 Å². The second-order valence-electron chi connectivity index (χ2n) is 3.88. The van der Waals surface area contributed by atoms with Gasteiger partial charge in [0.05, 0.1) is 9.47 Å². The lowest BCUT2D eigenvalue weighted by Gasteiger charge is -2.06. The summed E-state index contributed by atoms with van der Waals surface area (Å²) >= 11 is 0. The SMILES string of the molecule is OC(O)Cc1ccc(-c2ccc(OP)nc2)cc1. The van der Waals surface area contributed by atoms with Crippen molar-refractivity contribution in [1.29, 1.82) is 0 Å². The average molecular weight is 263 g/mol. The molecular weight excluding hydrogens is 249 g/mol. The summed E-state index contributed by atoms with van der Waals surface area (Å²) in [6.45, 7) is 0. The van der Waals surface area contributed by atoms with E-state index in [4.69, 9.17) is 14.7 Å². The molecule has 0 spiro atoms. The normalized spacial score (nSPS) is 10.7. The van der Waals surface area contributed by atoms with Crippen molar-refractivity contribution >= 4 is 9.47 Å². The van der Waals surface area contributed by atoms with Crippen molar-refractivity contribution in [2.24, 2.45) is 0 Å². The molecule has 1 aromatic heterocycles. The average Bonchev–Trinajstić information content (AvgIpc) is 2.39. The number of aromatic nitrogens is 1. The monoisotopic (exact) mass is 263 g/mol. The maximum Gasteiger partial charge on any atom is 0.215 e. The lowest BCUT2D eigenvalue weighted by Crippen LogP contribution is -2.07. The predicted octanol–water partition coefficient (Wildman–Crippen LogP) is 1.77. The zero-order chi connectivity index (χ0) is 13.0. The lowest BCUT2D eigenvalue weighted by atomic mass is 10.0. The Morgan fingerprint density at radius 2 is 1.72 bits per heavy atom. The van der Waals surface area contributed by atoms with Crippen LogP contribution in [0.3, 0.4) is 0 Å². The summed E-state index contributed by atoms with van der Waals surface area (Å²) in [5.74, 6) is 0.545. The molecule has 1 aromatic carbocycles. The van der Waals surface area contributed by atoms with Crippen LogP contribution in [-0.2, 0) is 6.42 Å². The van der Waals surface area contributed by atoms with Crippen LogP contribution in [0, 0.1) is 0 Å². The summed E-state index contributed by atoms with van der Waals surface area (Å²) in [4.78, 5) is 4.12. The van der Waals surface area contributed by atoms with Crippen LogP contribution >= 0.6 is 9.47 Å². The number of benzene rings is 1. The number of rotatable bonds is 4. The molecule has 4 nitrogen and oxygen atoms in total. The molecule has 2 rings (SSSR count). The molecule has 0 fully saturated rings. The van der Waals surface area contributed by atoms with Gasteiger partial charge in [0.15, 0.2) is 6.29 Å². The van der Waals surface area contributed by atoms with E-state index in [2.05, 4.69) is 14.5 Å². The van der Waals surface area contributed by atoms with Gasteiger partial charge in [0.2, 0.25) is 5.88 Å². The van der Waals surface area contributed by atoms with Gasteiger partial charge < -0.3 is 14.7 Å². The minimum Gasteiger partial charge on any atom is -0.463 e. The van der Waals surface area contributed by atoms with Crippen molar-refractivity contribution in [3.8, 4) is 17.0 Å². The van der Waals surface area contributed by atoms with Gasteiger partial charge in [-0.3, -0.25) is 0 Å². The van der Waals surface area contributed by atoms with Gasteiger partial charge in [-0.2, -0.15) is 0 Å². The summed E-state index contributed by atoms with van der Waals surface area (Å²) in [7, 11) is 2.15. The van der Waals surface area contributed by atoms with E-state index in [-0.39, 0.29) is 6.42 Å². The number of aliphatic hydroxyl groups excluding tert-OH is 1. The first-order valence-electron chi connectivity index (χ1n) is 5.47. The highest BCUT2D eigenvalue weighted by Crippen LogP contribution is 2.21. The van der Waals surface area contributed by atoms with Crippen molar-refractivity contribution in [1.82, 2.24) is 4.98 Å². The highest BCUT2D eigenvalue weighted by Gasteiger charge is 2.02. The number of hydrogen-bond donors (Lipinski definition) is 2. The second-order valence-corrected chi connectivity index (χ2v) is 4.12. The minimum absolute atomic E-state index is 0.234. The molecule has 1 atom stereocenters. The molecular formula is C13H14NO3P. The molecule has 0 amide bonds. The number of nitrogens with zero attached hydrogens (tertiary/aromatic N) is 1. The van der Waals surface area contributed by atoms with Crippen LogP contribution in [0.4, 0.5) is 0 Å². The van der Waals surface area contributed by atoms with Gasteiger partial charge in [-0.1, -0.05) is 24.3 Å². The second kappa shape index (κ2) is 5.91. The molecule has 94 valence electrons. The molecule has 5 heteroatoms. The van der Waals surface area contributed by atoms with Crippen LogP contribution in [0.1, 0.15) is 5.56 Å². The first kappa shape index (κ1) is 13.0. The summed E-state index contributed by atoms with van der Waals surface area (Å²) < 4.78 is 4.92. The Morgan fingerprint density at radius 1 is 1.06 bits per heavy atom. The fourth-order valence-electron chi connectivity index (χ4n) is 1.66. The third-order valence-electron chi connectivity index (χ3n) is 2.56.